The van der Waals surface area contributed by atoms with E-state index in [2.05, 4.69) is 49.5 Å². The van der Waals surface area contributed by atoms with E-state index in [0.717, 1.165) is 32.2 Å². The molecule has 2 unspecified atom stereocenters. The van der Waals surface area contributed by atoms with Gasteiger partial charge < -0.3 is 0 Å². The van der Waals surface area contributed by atoms with E-state index in [1.54, 1.807) is 0 Å². The minimum atomic E-state index is -0.295. The molecule has 1 N–H and O–H groups in total. The summed E-state index contributed by atoms with van der Waals surface area (Å²) < 4.78 is 0. The van der Waals surface area contributed by atoms with Gasteiger partial charge in [0, 0.05) is 10.1 Å². The topological polar surface area (TPSA) is 35.8 Å². The minimum Gasteiger partial charge on any atom is -0.299 e. The number of nitrogens with one attached hydrogen (secondary N) is 1. The highest BCUT2D eigenvalue weighted by atomic mass is 32.2. The van der Waals surface area contributed by atoms with Gasteiger partial charge in [0.1, 0.15) is 5.54 Å². The summed E-state index contributed by atoms with van der Waals surface area (Å²) in [5, 5.41) is 13.6. The highest BCUT2D eigenvalue weighted by molar-refractivity contribution is 8.00. The van der Waals surface area contributed by atoms with Gasteiger partial charge in [0.25, 0.3) is 0 Å². The van der Waals surface area contributed by atoms with E-state index >= 15 is 0 Å². The predicted molar refractivity (Wildman–Crippen MR) is 85.9 cm³/mol. The summed E-state index contributed by atoms with van der Waals surface area (Å²) in [5.41, 5.74) is 1.00. The van der Waals surface area contributed by atoms with E-state index in [4.69, 9.17) is 0 Å². The molecule has 2 rings (SSSR count). The average molecular weight is 288 g/mol. The predicted octanol–water partition coefficient (Wildman–Crippen LogP) is 4.29. The second kappa shape index (κ2) is 7.15. The molecule has 2 atom stereocenters. The molecule has 1 aliphatic carbocycles. The van der Waals surface area contributed by atoms with Crippen molar-refractivity contribution in [1.29, 1.82) is 5.26 Å². The SMILES string of the molecule is CCCNC1(C#N)CCCC(Sc2ccc(C)cc2)C1. The zero-order valence-corrected chi connectivity index (χ0v) is 13.3. The molecule has 0 amide bonds. The number of thioether (sulfide) groups is 1. The maximum Gasteiger partial charge on any atom is 0.107 e. The van der Waals surface area contributed by atoms with Gasteiger partial charge in [-0.25, -0.2) is 0 Å². The number of rotatable bonds is 5. The number of benzene rings is 1. The second-order valence-corrected chi connectivity index (χ2v) is 7.14. The van der Waals surface area contributed by atoms with Gasteiger partial charge in [-0.05, 0) is 57.7 Å². The van der Waals surface area contributed by atoms with Crippen LogP contribution in [0.25, 0.3) is 0 Å². The van der Waals surface area contributed by atoms with E-state index in [9.17, 15) is 5.26 Å². The number of nitriles is 1. The Morgan fingerprint density at radius 3 is 2.80 bits per heavy atom. The molecule has 1 aromatic carbocycles. The van der Waals surface area contributed by atoms with Gasteiger partial charge in [0.2, 0.25) is 0 Å². The third-order valence-corrected chi connectivity index (χ3v) is 5.24. The highest BCUT2D eigenvalue weighted by Crippen LogP contribution is 2.38. The summed E-state index contributed by atoms with van der Waals surface area (Å²) in [5.74, 6) is 0. The van der Waals surface area contributed by atoms with Crippen molar-refractivity contribution < 1.29 is 0 Å². The van der Waals surface area contributed by atoms with Crippen molar-refractivity contribution >= 4 is 11.8 Å². The molecule has 1 aliphatic rings. The normalized spacial score (nSPS) is 26.1. The van der Waals surface area contributed by atoms with Crippen molar-refractivity contribution in [3.63, 3.8) is 0 Å². The van der Waals surface area contributed by atoms with Gasteiger partial charge in [-0.1, -0.05) is 24.6 Å². The second-order valence-electron chi connectivity index (χ2n) is 5.77. The molecule has 0 heterocycles. The summed E-state index contributed by atoms with van der Waals surface area (Å²) in [6.07, 6.45) is 5.40. The van der Waals surface area contributed by atoms with Crippen LogP contribution in [0.15, 0.2) is 29.2 Å². The molecular formula is C17H24N2S. The standard InChI is InChI=1S/C17H24N2S/c1-3-11-19-17(13-18)10-4-5-16(12-17)20-15-8-6-14(2)7-9-15/h6-9,16,19H,3-5,10-12H2,1-2H3. The molecule has 0 aliphatic heterocycles. The fraction of sp³-hybridized carbons (Fsp3) is 0.588. The Hall–Kier alpha value is -0.980. The maximum absolute atomic E-state index is 9.57. The first-order valence-electron chi connectivity index (χ1n) is 7.57. The van der Waals surface area contributed by atoms with Crippen LogP contribution in [0.4, 0.5) is 0 Å². The van der Waals surface area contributed by atoms with Gasteiger partial charge in [-0.3, -0.25) is 5.32 Å². The van der Waals surface area contributed by atoms with Crippen LogP contribution in [0.3, 0.4) is 0 Å². The lowest BCUT2D eigenvalue weighted by molar-refractivity contribution is 0.305. The lowest BCUT2D eigenvalue weighted by atomic mass is 9.82. The van der Waals surface area contributed by atoms with Crippen molar-refractivity contribution in [3.05, 3.63) is 29.8 Å². The lowest BCUT2D eigenvalue weighted by Crippen LogP contribution is -2.48. The quantitative estimate of drug-likeness (QED) is 0.878. The van der Waals surface area contributed by atoms with E-state index in [1.807, 2.05) is 11.8 Å². The van der Waals surface area contributed by atoms with Crippen molar-refractivity contribution in [2.24, 2.45) is 0 Å². The minimum absolute atomic E-state index is 0.295. The van der Waals surface area contributed by atoms with Crippen LogP contribution in [-0.4, -0.2) is 17.3 Å². The molecule has 0 saturated heterocycles. The maximum atomic E-state index is 9.57. The average Bonchev–Trinajstić information content (AvgIpc) is 2.48. The molecule has 0 radical (unpaired) electrons. The van der Waals surface area contributed by atoms with Crippen LogP contribution in [0.1, 0.15) is 44.6 Å². The van der Waals surface area contributed by atoms with Gasteiger partial charge in [-0.2, -0.15) is 5.26 Å². The van der Waals surface area contributed by atoms with Crippen LogP contribution < -0.4 is 5.32 Å². The molecule has 2 nitrogen and oxygen atoms in total. The van der Waals surface area contributed by atoms with Crippen molar-refractivity contribution in [1.82, 2.24) is 5.32 Å². The van der Waals surface area contributed by atoms with E-state index < -0.39 is 0 Å². The molecule has 1 aromatic rings. The fourth-order valence-corrected chi connectivity index (χ4v) is 4.13. The largest absolute Gasteiger partial charge is 0.299 e. The Morgan fingerprint density at radius 1 is 1.40 bits per heavy atom. The van der Waals surface area contributed by atoms with E-state index in [-0.39, 0.29) is 5.54 Å². The van der Waals surface area contributed by atoms with Crippen LogP contribution in [-0.2, 0) is 0 Å². The van der Waals surface area contributed by atoms with Gasteiger partial charge in [0.15, 0.2) is 0 Å². The van der Waals surface area contributed by atoms with E-state index in [1.165, 1.54) is 16.9 Å². The molecule has 108 valence electrons. The highest BCUT2D eigenvalue weighted by Gasteiger charge is 2.36. The van der Waals surface area contributed by atoms with Crippen molar-refractivity contribution in [2.75, 3.05) is 6.54 Å². The molecule has 1 fully saturated rings. The Bertz CT molecular complexity index is 463. The van der Waals surface area contributed by atoms with E-state index in [0.29, 0.717) is 5.25 Å². The summed E-state index contributed by atoms with van der Waals surface area (Å²) in [6, 6.07) is 11.3. The van der Waals surface area contributed by atoms with Crippen molar-refractivity contribution in [2.45, 2.75) is 61.6 Å². The summed E-state index contributed by atoms with van der Waals surface area (Å²) in [7, 11) is 0. The molecular weight excluding hydrogens is 264 g/mol. The molecule has 0 spiro atoms. The van der Waals surface area contributed by atoms with Crippen molar-refractivity contribution in [3.8, 4) is 6.07 Å². The number of aryl methyl sites for hydroxylation is 1. The number of hydrogen-bond acceptors (Lipinski definition) is 3. The fourth-order valence-electron chi connectivity index (χ4n) is 2.80. The third kappa shape index (κ3) is 4.01. The third-order valence-electron chi connectivity index (χ3n) is 3.96. The first kappa shape index (κ1) is 15.4. The Balaban J connectivity index is 1.99. The zero-order valence-electron chi connectivity index (χ0n) is 12.5. The monoisotopic (exact) mass is 288 g/mol. The Morgan fingerprint density at radius 2 is 2.15 bits per heavy atom. The van der Waals surface area contributed by atoms with Crippen LogP contribution in [0, 0.1) is 18.3 Å². The lowest BCUT2D eigenvalue weighted by Gasteiger charge is -2.36. The number of hydrogen-bond donors (Lipinski definition) is 1. The summed E-state index contributed by atoms with van der Waals surface area (Å²) in [6.45, 7) is 5.21. The molecule has 1 saturated carbocycles. The van der Waals surface area contributed by atoms with Crippen LogP contribution in [0.5, 0.6) is 0 Å². The van der Waals surface area contributed by atoms with Gasteiger partial charge in [0.05, 0.1) is 6.07 Å². The summed E-state index contributed by atoms with van der Waals surface area (Å²) in [4.78, 5) is 1.32. The number of nitrogens with zero attached hydrogens (tertiary/aromatic N) is 1. The first-order chi connectivity index (χ1) is 9.67. The smallest absolute Gasteiger partial charge is 0.107 e. The first-order valence-corrected chi connectivity index (χ1v) is 8.45. The van der Waals surface area contributed by atoms with Gasteiger partial charge >= 0.3 is 0 Å². The van der Waals surface area contributed by atoms with Gasteiger partial charge in [-0.15, -0.1) is 11.8 Å². The molecule has 0 aromatic heterocycles. The Labute approximate surface area is 127 Å². The Kier molecular flexibility index (Phi) is 5.51. The molecule has 3 heteroatoms. The summed E-state index contributed by atoms with van der Waals surface area (Å²) >= 11 is 1.93. The molecule has 20 heavy (non-hydrogen) atoms. The molecule has 0 bridgehead atoms. The van der Waals surface area contributed by atoms with Crippen LogP contribution in [0.2, 0.25) is 0 Å². The zero-order chi connectivity index (χ0) is 14.4. The van der Waals surface area contributed by atoms with Crippen LogP contribution >= 0.6 is 11.8 Å².